The third-order valence-electron chi connectivity index (χ3n) is 4.84. The predicted octanol–water partition coefficient (Wildman–Crippen LogP) is 4.17. The molecule has 0 aliphatic heterocycles. The van der Waals surface area contributed by atoms with E-state index in [0.717, 1.165) is 30.4 Å². The molecule has 1 unspecified atom stereocenters. The molecule has 120 valence electrons. The van der Waals surface area contributed by atoms with E-state index in [-0.39, 0.29) is 23.1 Å². The van der Waals surface area contributed by atoms with E-state index in [0.29, 0.717) is 6.54 Å². The number of carbonyl (C=O) groups is 1. The van der Waals surface area contributed by atoms with Gasteiger partial charge in [0.1, 0.15) is 5.82 Å². The van der Waals surface area contributed by atoms with Crippen LogP contribution >= 0.6 is 0 Å². The molecule has 0 saturated heterocycles. The number of rotatable bonds is 6. The van der Waals surface area contributed by atoms with Gasteiger partial charge in [-0.25, -0.2) is 4.39 Å². The predicted molar refractivity (Wildman–Crippen MR) is 89.8 cm³/mol. The van der Waals surface area contributed by atoms with Crippen LogP contribution in [0.25, 0.3) is 0 Å². The quantitative estimate of drug-likeness (QED) is 0.852. The topological polar surface area (TPSA) is 29.1 Å². The summed E-state index contributed by atoms with van der Waals surface area (Å²) in [5.74, 6) is -0.254. The molecule has 1 fully saturated rings. The van der Waals surface area contributed by atoms with Crippen molar-refractivity contribution < 1.29 is 9.18 Å². The first-order valence-electron chi connectivity index (χ1n) is 8.23. The molecule has 0 aromatic heterocycles. The van der Waals surface area contributed by atoms with Gasteiger partial charge in [0.2, 0.25) is 5.91 Å². The van der Waals surface area contributed by atoms with Gasteiger partial charge in [-0.05, 0) is 42.5 Å². The minimum Gasteiger partial charge on any atom is -0.355 e. The van der Waals surface area contributed by atoms with Crippen LogP contribution in [-0.2, 0) is 10.2 Å². The highest BCUT2D eigenvalue weighted by Crippen LogP contribution is 2.47. The zero-order chi connectivity index (χ0) is 16.3. The molecule has 1 N–H and O–H groups in total. The number of nitrogens with one attached hydrogen (secondary N) is 1. The van der Waals surface area contributed by atoms with Crippen molar-refractivity contribution >= 4 is 5.91 Å². The molecule has 23 heavy (non-hydrogen) atoms. The summed E-state index contributed by atoms with van der Waals surface area (Å²) in [6, 6.07) is 16.6. The first-order chi connectivity index (χ1) is 11.1. The molecule has 0 radical (unpaired) electrons. The third kappa shape index (κ3) is 3.44. The first kappa shape index (κ1) is 15.7. The third-order valence-corrected chi connectivity index (χ3v) is 4.84. The fraction of sp³-hybridized carbons (Fsp3) is 0.350. The van der Waals surface area contributed by atoms with Crippen molar-refractivity contribution in [2.45, 2.75) is 37.5 Å². The maximum atomic E-state index is 13.1. The van der Waals surface area contributed by atoms with Gasteiger partial charge in [-0.3, -0.25) is 4.79 Å². The van der Waals surface area contributed by atoms with Crippen molar-refractivity contribution in [1.82, 2.24) is 5.32 Å². The van der Waals surface area contributed by atoms with Gasteiger partial charge in [-0.15, -0.1) is 0 Å². The van der Waals surface area contributed by atoms with Crippen LogP contribution in [0, 0.1) is 5.82 Å². The van der Waals surface area contributed by atoms with Crippen LogP contribution in [0.1, 0.15) is 43.2 Å². The summed E-state index contributed by atoms with van der Waals surface area (Å²) >= 11 is 0. The smallest absolute Gasteiger partial charge is 0.227 e. The Labute approximate surface area is 136 Å². The van der Waals surface area contributed by atoms with Crippen LogP contribution in [-0.4, -0.2) is 12.5 Å². The fourth-order valence-corrected chi connectivity index (χ4v) is 3.16. The second kappa shape index (κ2) is 6.53. The molecular weight excluding hydrogens is 289 g/mol. The van der Waals surface area contributed by atoms with Crippen molar-refractivity contribution in [1.29, 1.82) is 0 Å². The van der Waals surface area contributed by atoms with Gasteiger partial charge in [0.25, 0.3) is 0 Å². The molecule has 3 heteroatoms. The van der Waals surface area contributed by atoms with Gasteiger partial charge in [-0.1, -0.05) is 49.4 Å². The van der Waals surface area contributed by atoms with Crippen LogP contribution in [0.15, 0.2) is 54.6 Å². The molecule has 1 atom stereocenters. The minimum absolute atomic E-state index is 0.00165. The van der Waals surface area contributed by atoms with Crippen LogP contribution in [0.5, 0.6) is 0 Å². The molecule has 2 nitrogen and oxygen atoms in total. The summed E-state index contributed by atoms with van der Waals surface area (Å²) in [6.45, 7) is 2.66. The Hall–Kier alpha value is -2.16. The maximum Gasteiger partial charge on any atom is 0.227 e. The molecule has 2 aromatic rings. The largest absolute Gasteiger partial charge is 0.355 e. The number of amides is 1. The van der Waals surface area contributed by atoms with Crippen molar-refractivity contribution in [2.24, 2.45) is 0 Å². The fourth-order valence-electron chi connectivity index (χ4n) is 3.16. The lowest BCUT2D eigenvalue weighted by Crippen LogP contribution is -2.35. The van der Waals surface area contributed by atoms with Crippen LogP contribution in [0.3, 0.4) is 0 Å². The van der Waals surface area contributed by atoms with Crippen molar-refractivity contribution in [3.8, 4) is 0 Å². The summed E-state index contributed by atoms with van der Waals surface area (Å²) in [4.78, 5) is 12.6. The Morgan fingerprint density at radius 1 is 1.13 bits per heavy atom. The molecule has 3 rings (SSSR count). The Morgan fingerprint density at radius 2 is 1.78 bits per heavy atom. The number of halogens is 1. The van der Waals surface area contributed by atoms with E-state index in [1.54, 1.807) is 0 Å². The molecular formula is C20H22FNO. The zero-order valence-corrected chi connectivity index (χ0v) is 13.4. The van der Waals surface area contributed by atoms with Gasteiger partial charge in [0.15, 0.2) is 0 Å². The van der Waals surface area contributed by atoms with Gasteiger partial charge < -0.3 is 5.32 Å². The van der Waals surface area contributed by atoms with Crippen molar-refractivity contribution in [2.75, 3.05) is 6.54 Å². The molecule has 0 spiro atoms. The van der Waals surface area contributed by atoms with Gasteiger partial charge in [0, 0.05) is 12.0 Å². The lowest BCUT2D eigenvalue weighted by Gasteiger charge is -2.20. The second-order valence-corrected chi connectivity index (χ2v) is 6.38. The van der Waals surface area contributed by atoms with E-state index in [9.17, 15) is 9.18 Å². The summed E-state index contributed by atoms with van der Waals surface area (Å²) in [6.07, 6.45) is 2.86. The summed E-state index contributed by atoms with van der Waals surface area (Å²) in [5.41, 5.74) is 2.17. The highest BCUT2D eigenvalue weighted by atomic mass is 19.1. The Morgan fingerprint density at radius 3 is 2.35 bits per heavy atom. The summed E-state index contributed by atoms with van der Waals surface area (Å²) in [5, 5.41) is 3.12. The monoisotopic (exact) mass is 311 g/mol. The van der Waals surface area contributed by atoms with E-state index >= 15 is 0 Å². The van der Waals surface area contributed by atoms with Gasteiger partial charge in [-0.2, -0.15) is 0 Å². The van der Waals surface area contributed by atoms with E-state index in [2.05, 4.69) is 5.32 Å². The van der Waals surface area contributed by atoms with E-state index in [1.807, 2.05) is 49.4 Å². The average Bonchev–Trinajstić information content (AvgIpc) is 3.36. The van der Waals surface area contributed by atoms with Gasteiger partial charge in [0.05, 0.1) is 5.92 Å². The molecule has 0 bridgehead atoms. The van der Waals surface area contributed by atoms with Crippen molar-refractivity contribution in [3.63, 3.8) is 0 Å². The molecule has 0 heterocycles. The number of hydrogen-bond donors (Lipinski definition) is 1. The van der Waals surface area contributed by atoms with Crippen LogP contribution < -0.4 is 5.32 Å². The number of benzene rings is 2. The number of hydrogen-bond acceptors (Lipinski definition) is 1. The standard InChI is InChI=1S/C20H22FNO/c1-2-18(15-6-4-3-5-7-15)19(23)22-14-20(12-13-20)16-8-10-17(21)11-9-16/h3-11,18H,2,12-14H2,1H3,(H,22,23). The van der Waals surface area contributed by atoms with Crippen LogP contribution in [0.4, 0.5) is 4.39 Å². The van der Waals surface area contributed by atoms with E-state index < -0.39 is 0 Å². The lowest BCUT2D eigenvalue weighted by molar-refractivity contribution is -0.122. The van der Waals surface area contributed by atoms with Crippen LogP contribution in [0.2, 0.25) is 0 Å². The Balaban J connectivity index is 1.65. The molecule has 1 aliphatic carbocycles. The molecule has 1 saturated carbocycles. The number of carbonyl (C=O) groups excluding carboxylic acids is 1. The summed E-state index contributed by atoms with van der Waals surface area (Å²) < 4.78 is 13.1. The lowest BCUT2D eigenvalue weighted by atomic mass is 9.93. The Bertz CT molecular complexity index is 662. The average molecular weight is 311 g/mol. The molecule has 1 aliphatic rings. The zero-order valence-electron chi connectivity index (χ0n) is 13.4. The van der Waals surface area contributed by atoms with Crippen molar-refractivity contribution in [3.05, 3.63) is 71.5 Å². The SMILES string of the molecule is CCC(C(=O)NCC1(c2ccc(F)cc2)CC1)c1ccccc1. The summed E-state index contributed by atoms with van der Waals surface area (Å²) in [7, 11) is 0. The second-order valence-electron chi connectivity index (χ2n) is 6.38. The molecule has 2 aromatic carbocycles. The normalized spacial score (nSPS) is 16.6. The first-order valence-corrected chi connectivity index (χ1v) is 8.23. The van der Waals surface area contributed by atoms with E-state index in [1.165, 1.54) is 12.1 Å². The maximum absolute atomic E-state index is 13.1. The van der Waals surface area contributed by atoms with Gasteiger partial charge >= 0.3 is 0 Å². The van der Waals surface area contributed by atoms with E-state index in [4.69, 9.17) is 0 Å². The highest BCUT2D eigenvalue weighted by Gasteiger charge is 2.44. The highest BCUT2D eigenvalue weighted by molar-refractivity contribution is 5.83. The minimum atomic E-state index is -0.219. The molecule has 1 amide bonds. The Kier molecular flexibility index (Phi) is 4.46.